The summed E-state index contributed by atoms with van der Waals surface area (Å²) in [5, 5.41) is 8.82. The number of rotatable bonds is 2. The third kappa shape index (κ3) is 1.24. The van der Waals surface area contributed by atoms with Crippen molar-refractivity contribution in [2.45, 2.75) is 33.6 Å². The Labute approximate surface area is 71.8 Å². The van der Waals surface area contributed by atoms with Crippen LogP contribution >= 0.6 is 0 Å². The highest BCUT2D eigenvalue weighted by Crippen LogP contribution is 2.50. The Hall–Kier alpha value is -0.860. The fourth-order valence-electron chi connectivity index (χ4n) is 1.38. The molecule has 0 bridgehead atoms. The van der Waals surface area contributed by atoms with Crippen molar-refractivity contribution in [1.29, 1.82) is 0 Å². The Kier molecular flexibility index (Phi) is 1.78. The van der Waals surface area contributed by atoms with Crippen molar-refractivity contribution in [3.8, 4) is 0 Å². The molecule has 0 spiro atoms. The molecular weight excluding hydrogens is 156 g/mol. The number of carboxylic acids is 1. The fraction of sp³-hybridized carbons (Fsp3) is 0.778. The second-order valence-electron chi connectivity index (χ2n) is 4.47. The van der Waals surface area contributed by atoms with Crippen molar-refractivity contribution in [3.63, 3.8) is 0 Å². The van der Waals surface area contributed by atoms with Gasteiger partial charge in [-0.2, -0.15) is 0 Å². The van der Waals surface area contributed by atoms with E-state index in [0.717, 1.165) is 0 Å². The highest BCUT2D eigenvalue weighted by Gasteiger charge is 2.59. The largest absolute Gasteiger partial charge is 0.480 e. The van der Waals surface area contributed by atoms with Crippen molar-refractivity contribution in [1.82, 2.24) is 0 Å². The van der Waals surface area contributed by atoms with E-state index in [1.54, 1.807) is 20.8 Å². The standard InChI is InChI=1S/C9H14O3/c1-8(2,3)6(10)9(4-5-9)7(11)12/h4-5H2,1-3H3,(H,11,12). The molecule has 1 aliphatic carbocycles. The maximum Gasteiger partial charge on any atom is 0.317 e. The van der Waals surface area contributed by atoms with Gasteiger partial charge in [-0.3, -0.25) is 9.59 Å². The van der Waals surface area contributed by atoms with Crippen LogP contribution in [0.2, 0.25) is 0 Å². The van der Waals surface area contributed by atoms with Crippen LogP contribution in [0.5, 0.6) is 0 Å². The summed E-state index contributed by atoms with van der Waals surface area (Å²) in [5.74, 6) is -1.09. The first kappa shape index (κ1) is 9.23. The Morgan fingerprint density at radius 2 is 1.67 bits per heavy atom. The summed E-state index contributed by atoms with van der Waals surface area (Å²) in [6, 6.07) is 0. The van der Waals surface area contributed by atoms with E-state index in [9.17, 15) is 9.59 Å². The van der Waals surface area contributed by atoms with Crippen LogP contribution in [0.4, 0.5) is 0 Å². The number of ketones is 1. The zero-order valence-electron chi connectivity index (χ0n) is 7.68. The van der Waals surface area contributed by atoms with Gasteiger partial charge in [0.2, 0.25) is 0 Å². The van der Waals surface area contributed by atoms with Gasteiger partial charge in [-0.25, -0.2) is 0 Å². The highest BCUT2D eigenvalue weighted by molar-refractivity contribution is 6.08. The van der Waals surface area contributed by atoms with E-state index in [0.29, 0.717) is 12.8 Å². The van der Waals surface area contributed by atoms with E-state index in [1.165, 1.54) is 0 Å². The molecule has 0 aromatic rings. The Balaban J connectivity index is 2.85. The molecule has 0 aromatic carbocycles. The molecule has 1 saturated carbocycles. The lowest BCUT2D eigenvalue weighted by molar-refractivity contribution is -0.151. The van der Waals surface area contributed by atoms with Crippen LogP contribution in [0.1, 0.15) is 33.6 Å². The van der Waals surface area contributed by atoms with Gasteiger partial charge in [-0.1, -0.05) is 20.8 Å². The van der Waals surface area contributed by atoms with Crippen molar-refractivity contribution in [2.24, 2.45) is 10.8 Å². The molecule has 0 atom stereocenters. The van der Waals surface area contributed by atoms with Crippen LogP contribution in [0.25, 0.3) is 0 Å². The topological polar surface area (TPSA) is 54.4 Å². The first-order chi connectivity index (χ1) is 5.31. The molecule has 1 fully saturated rings. The minimum atomic E-state index is -1.03. The quantitative estimate of drug-likeness (QED) is 0.638. The first-order valence-corrected chi connectivity index (χ1v) is 4.09. The number of aliphatic carboxylic acids is 1. The third-order valence-electron chi connectivity index (χ3n) is 2.28. The monoisotopic (exact) mass is 170 g/mol. The molecule has 3 heteroatoms. The molecule has 1 aliphatic rings. The lowest BCUT2D eigenvalue weighted by atomic mass is 9.81. The Morgan fingerprint density at radius 3 is 1.75 bits per heavy atom. The molecule has 1 N–H and O–H groups in total. The lowest BCUT2D eigenvalue weighted by Crippen LogP contribution is -2.35. The van der Waals surface area contributed by atoms with E-state index >= 15 is 0 Å². The van der Waals surface area contributed by atoms with Gasteiger partial charge in [-0.05, 0) is 12.8 Å². The third-order valence-corrected chi connectivity index (χ3v) is 2.28. The molecule has 0 saturated heterocycles. The highest BCUT2D eigenvalue weighted by atomic mass is 16.4. The van der Waals surface area contributed by atoms with Crippen LogP contribution in [0, 0.1) is 10.8 Å². The summed E-state index contributed by atoms with van der Waals surface area (Å²) in [4.78, 5) is 22.4. The molecule has 12 heavy (non-hydrogen) atoms. The number of hydrogen-bond donors (Lipinski definition) is 1. The average Bonchev–Trinajstić information content (AvgIpc) is 2.62. The maximum atomic E-state index is 11.6. The molecule has 0 radical (unpaired) electrons. The predicted molar refractivity (Wildman–Crippen MR) is 43.8 cm³/mol. The zero-order chi connectivity index (χ0) is 9.57. The van der Waals surface area contributed by atoms with Crippen LogP contribution in [0.15, 0.2) is 0 Å². The molecule has 0 amide bonds. The van der Waals surface area contributed by atoms with Crippen molar-refractivity contribution >= 4 is 11.8 Å². The maximum absolute atomic E-state index is 11.6. The van der Waals surface area contributed by atoms with E-state index in [1.807, 2.05) is 0 Å². The minimum Gasteiger partial charge on any atom is -0.480 e. The van der Waals surface area contributed by atoms with Gasteiger partial charge >= 0.3 is 5.97 Å². The molecule has 1 rings (SSSR count). The minimum absolute atomic E-state index is 0.137. The second kappa shape index (κ2) is 2.31. The summed E-state index contributed by atoms with van der Waals surface area (Å²) in [7, 11) is 0. The second-order valence-corrected chi connectivity index (χ2v) is 4.47. The van der Waals surface area contributed by atoms with Gasteiger partial charge in [0.05, 0.1) is 0 Å². The summed E-state index contributed by atoms with van der Waals surface area (Å²) >= 11 is 0. The zero-order valence-corrected chi connectivity index (χ0v) is 7.68. The molecule has 0 unspecified atom stereocenters. The Bertz CT molecular complexity index is 231. The van der Waals surface area contributed by atoms with Crippen LogP contribution in [0.3, 0.4) is 0 Å². The Morgan fingerprint density at radius 1 is 1.25 bits per heavy atom. The number of carboxylic acid groups (broad SMARTS) is 1. The summed E-state index contributed by atoms with van der Waals surface area (Å²) in [6.07, 6.45) is 1.02. The number of carbonyl (C=O) groups is 2. The SMILES string of the molecule is CC(C)(C)C(=O)C1(C(=O)O)CC1. The fourth-order valence-corrected chi connectivity index (χ4v) is 1.38. The molecule has 0 aromatic heterocycles. The van der Waals surface area contributed by atoms with Crippen LogP contribution < -0.4 is 0 Å². The van der Waals surface area contributed by atoms with Gasteiger partial charge in [0.1, 0.15) is 5.41 Å². The van der Waals surface area contributed by atoms with Gasteiger partial charge in [0.15, 0.2) is 5.78 Å². The van der Waals surface area contributed by atoms with E-state index < -0.39 is 16.8 Å². The first-order valence-electron chi connectivity index (χ1n) is 4.09. The summed E-state index contributed by atoms with van der Waals surface area (Å²) in [5.41, 5.74) is -1.56. The molecule has 0 aliphatic heterocycles. The summed E-state index contributed by atoms with van der Waals surface area (Å²) in [6.45, 7) is 5.29. The van der Waals surface area contributed by atoms with E-state index in [4.69, 9.17) is 5.11 Å². The smallest absolute Gasteiger partial charge is 0.317 e. The number of carbonyl (C=O) groups excluding carboxylic acids is 1. The lowest BCUT2D eigenvalue weighted by Gasteiger charge is -2.20. The van der Waals surface area contributed by atoms with Gasteiger partial charge in [0, 0.05) is 5.41 Å². The molecule has 0 heterocycles. The van der Waals surface area contributed by atoms with Crippen molar-refractivity contribution < 1.29 is 14.7 Å². The molecular formula is C9H14O3. The predicted octanol–water partition coefficient (Wildman–Crippen LogP) is 1.47. The van der Waals surface area contributed by atoms with Crippen molar-refractivity contribution in [2.75, 3.05) is 0 Å². The van der Waals surface area contributed by atoms with Crippen molar-refractivity contribution in [3.05, 3.63) is 0 Å². The summed E-state index contributed by atoms with van der Waals surface area (Å²) < 4.78 is 0. The van der Waals surface area contributed by atoms with E-state index in [2.05, 4.69) is 0 Å². The van der Waals surface area contributed by atoms with Crippen LogP contribution in [-0.2, 0) is 9.59 Å². The number of Topliss-reactive ketones (excluding diaryl/α,β-unsaturated/α-hetero) is 1. The van der Waals surface area contributed by atoms with Gasteiger partial charge in [0.25, 0.3) is 0 Å². The normalized spacial score (nSPS) is 20.2. The van der Waals surface area contributed by atoms with Crippen LogP contribution in [-0.4, -0.2) is 16.9 Å². The van der Waals surface area contributed by atoms with Gasteiger partial charge < -0.3 is 5.11 Å². The van der Waals surface area contributed by atoms with E-state index in [-0.39, 0.29) is 5.78 Å². The van der Waals surface area contributed by atoms with Gasteiger partial charge in [-0.15, -0.1) is 0 Å². The molecule has 3 nitrogen and oxygen atoms in total. The molecule has 68 valence electrons. The number of hydrogen-bond acceptors (Lipinski definition) is 2. The average molecular weight is 170 g/mol.